The molecule has 8 heteroatoms. The highest BCUT2D eigenvalue weighted by Crippen LogP contribution is 2.51. The maximum Gasteiger partial charge on any atom is 0.253 e. The number of halogens is 1. The Morgan fingerprint density at radius 3 is 2.69 bits per heavy atom. The Morgan fingerprint density at radius 1 is 1.21 bits per heavy atom. The molecule has 148 valence electrons. The molecule has 5 rings (SSSR count). The number of hydrazone groups is 1. The zero-order valence-electron chi connectivity index (χ0n) is 16.2. The summed E-state index contributed by atoms with van der Waals surface area (Å²) >= 11 is 8.10. The molecule has 3 heterocycles. The first kappa shape index (κ1) is 18.4. The summed E-state index contributed by atoms with van der Waals surface area (Å²) in [6.45, 7) is 4.00. The van der Waals surface area contributed by atoms with E-state index < -0.39 is 11.0 Å². The summed E-state index contributed by atoms with van der Waals surface area (Å²) < 4.78 is 6.27. The predicted molar refractivity (Wildman–Crippen MR) is 117 cm³/mol. The van der Waals surface area contributed by atoms with Crippen LogP contribution in [0.25, 0.3) is 10.2 Å². The number of aromatic nitrogens is 1. The third-order valence-electron chi connectivity index (χ3n) is 5.44. The molecule has 2 atom stereocenters. The number of fused-ring (bicyclic) bond motifs is 1. The highest BCUT2D eigenvalue weighted by Gasteiger charge is 2.67. The number of methoxy groups -OCH3 is 1. The predicted octanol–water partition coefficient (Wildman–Crippen LogP) is 4.55. The normalized spacial score (nSPS) is 23.7. The molecule has 29 heavy (non-hydrogen) atoms. The molecule has 0 aliphatic carbocycles. The molecule has 0 saturated carbocycles. The molecule has 1 fully saturated rings. The minimum Gasteiger partial charge on any atom is -0.497 e. The van der Waals surface area contributed by atoms with Crippen LogP contribution >= 0.6 is 22.9 Å². The molecule has 2 aliphatic rings. The van der Waals surface area contributed by atoms with Crippen LogP contribution in [0.4, 0.5) is 10.8 Å². The van der Waals surface area contributed by atoms with E-state index in [1.165, 1.54) is 11.3 Å². The van der Waals surface area contributed by atoms with Gasteiger partial charge in [0.25, 0.3) is 5.91 Å². The summed E-state index contributed by atoms with van der Waals surface area (Å²) in [6, 6.07) is 13.8. The molecule has 3 aromatic rings. The molecule has 2 aromatic carbocycles. The summed E-state index contributed by atoms with van der Waals surface area (Å²) in [7, 11) is 1.63. The van der Waals surface area contributed by atoms with E-state index in [9.17, 15) is 4.79 Å². The molecule has 1 amide bonds. The van der Waals surface area contributed by atoms with E-state index in [2.05, 4.69) is 0 Å². The van der Waals surface area contributed by atoms with Gasteiger partial charge in [0.15, 0.2) is 16.2 Å². The van der Waals surface area contributed by atoms with Crippen molar-refractivity contribution in [1.82, 2.24) is 4.98 Å². The van der Waals surface area contributed by atoms with Gasteiger partial charge in [0.2, 0.25) is 0 Å². The van der Waals surface area contributed by atoms with E-state index in [-0.39, 0.29) is 5.91 Å². The number of hydrogen-bond acceptors (Lipinski definition) is 6. The molecular formula is C21H19ClN4O2S. The summed E-state index contributed by atoms with van der Waals surface area (Å²) in [5, 5.41) is 6.54. The van der Waals surface area contributed by atoms with Gasteiger partial charge in [-0.2, -0.15) is 5.10 Å². The number of carbonyl (C=O) groups is 1. The van der Waals surface area contributed by atoms with Gasteiger partial charge in [-0.25, -0.2) is 9.99 Å². The van der Waals surface area contributed by atoms with Crippen molar-refractivity contribution in [3.63, 3.8) is 0 Å². The number of rotatable bonds is 3. The smallest absolute Gasteiger partial charge is 0.253 e. The van der Waals surface area contributed by atoms with Crippen molar-refractivity contribution >= 4 is 55.6 Å². The van der Waals surface area contributed by atoms with Gasteiger partial charge in [-0.15, -0.1) is 11.6 Å². The van der Waals surface area contributed by atoms with Crippen molar-refractivity contribution < 1.29 is 9.53 Å². The third kappa shape index (κ3) is 2.57. The fraction of sp³-hybridized carbons (Fsp3) is 0.286. The van der Waals surface area contributed by atoms with Crippen molar-refractivity contribution in [2.24, 2.45) is 5.10 Å². The van der Waals surface area contributed by atoms with Gasteiger partial charge in [-0.1, -0.05) is 29.0 Å². The maximum atomic E-state index is 12.9. The first-order chi connectivity index (χ1) is 13.9. The van der Waals surface area contributed by atoms with Crippen LogP contribution in [0.2, 0.25) is 0 Å². The quantitative estimate of drug-likeness (QED) is 0.455. The van der Waals surface area contributed by atoms with Gasteiger partial charge in [0.1, 0.15) is 5.75 Å². The largest absolute Gasteiger partial charge is 0.497 e. The Morgan fingerprint density at radius 2 is 1.97 bits per heavy atom. The third-order valence-corrected chi connectivity index (χ3v) is 6.98. The standard InChI is InChI=1S/C21H19ClN4O2S/c1-12-4-6-14(7-5-12)26-21(11-13(2)24-26)18(22)19(27)25(21)20-23-16-9-8-15(28-3)10-17(16)29-20/h4-10,18H,11H2,1-3H3. The fourth-order valence-corrected chi connectivity index (χ4v) is 5.44. The first-order valence-electron chi connectivity index (χ1n) is 9.28. The molecule has 2 aliphatic heterocycles. The number of β-lactam (4-membered cyclic amide) rings is 1. The number of alkyl halides is 1. The van der Waals surface area contributed by atoms with E-state index in [0.29, 0.717) is 11.6 Å². The second-order valence-electron chi connectivity index (χ2n) is 7.40. The van der Waals surface area contributed by atoms with Gasteiger partial charge in [-0.05, 0) is 44.2 Å². The van der Waals surface area contributed by atoms with E-state index in [4.69, 9.17) is 26.4 Å². The Labute approximate surface area is 177 Å². The van der Waals surface area contributed by atoms with Crippen molar-refractivity contribution in [3.05, 3.63) is 48.0 Å². The number of amides is 1. The monoisotopic (exact) mass is 426 g/mol. The molecule has 2 unspecified atom stereocenters. The number of ether oxygens (including phenoxy) is 1. The van der Waals surface area contributed by atoms with Crippen LogP contribution < -0.4 is 14.6 Å². The lowest BCUT2D eigenvalue weighted by Crippen LogP contribution is -2.78. The van der Waals surface area contributed by atoms with Crippen molar-refractivity contribution in [2.75, 3.05) is 17.0 Å². The van der Waals surface area contributed by atoms with E-state index >= 15 is 0 Å². The van der Waals surface area contributed by atoms with Gasteiger partial charge in [0, 0.05) is 12.1 Å². The summed E-state index contributed by atoms with van der Waals surface area (Å²) in [6.07, 6.45) is 0.569. The second kappa shape index (κ2) is 6.43. The van der Waals surface area contributed by atoms with Crippen LogP contribution in [0.15, 0.2) is 47.6 Å². The first-order valence-corrected chi connectivity index (χ1v) is 10.5. The Balaban J connectivity index is 1.61. The van der Waals surface area contributed by atoms with Crippen LogP contribution in [-0.4, -0.2) is 34.8 Å². The Bertz CT molecular complexity index is 1160. The van der Waals surface area contributed by atoms with Crippen LogP contribution in [0.5, 0.6) is 5.75 Å². The van der Waals surface area contributed by atoms with Gasteiger partial charge < -0.3 is 4.74 Å². The van der Waals surface area contributed by atoms with Crippen LogP contribution in [0, 0.1) is 6.92 Å². The zero-order valence-corrected chi connectivity index (χ0v) is 17.8. The number of benzene rings is 2. The second-order valence-corrected chi connectivity index (χ2v) is 8.85. The topological polar surface area (TPSA) is 58.0 Å². The molecule has 1 aromatic heterocycles. The van der Waals surface area contributed by atoms with E-state index in [1.807, 2.05) is 61.3 Å². The van der Waals surface area contributed by atoms with E-state index in [1.54, 1.807) is 12.0 Å². The van der Waals surface area contributed by atoms with E-state index in [0.717, 1.165) is 32.9 Å². The lowest BCUT2D eigenvalue weighted by Gasteiger charge is -2.55. The lowest BCUT2D eigenvalue weighted by molar-refractivity contribution is -0.126. The van der Waals surface area contributed by atoms with Gasteiger partial charge in [-0.3, -0.25) is 9.69 Å². The number of hydrogen-bond donors (Lipinski definition) is 0. The number of nitrogens with zero attached hydrogens (tertiary/aromatic N) is 4. The van der Waals surface area contributed by atoms with Gasteiger partial charge in [0.05, 0.1) is 23.0 Å². The molecule has 1 saturated heterocycles. The number of carbonyl (C=O) groups excluding carboxylic acids is 1. The summed E-state index contributed by atoms with van der Waals surface area (Å²) in [4.78, 5) is 19.3. The van der Waals surface area contributed by atoms with Crippen LogP contribution in [-0.2, 0) is 4.79 Å². The Kier molecular flexibility index (Phi) is 4.08. The lowest BCUT2D eigenvalue weighted by atomic mass is 9.88. The average molecular weight is 427 g/mol. The highest BCUT2D eigenvalue weighted by molar-refractivity contribution is 7.22. The van der Waals surface area contributed by atoms with Crippen molar-refractivity contribution in [1.29, 1.82) is 0 Å². The molecule has 0 bridgehead atoms. The molecule has 6 nitrogen and oxygen atoms in total. The maximum absolute atomic E-state index is 12.9. The van der Waals surface area contributed by atoms with Gasteiger partial charge >= 0.3 is 0 Å². The Hall–Kier alpha value is -2.64. The zero-order chi connectivity index (χ0) is 20.3. The molecule has 0 radical (unpaired) electrons. The average Bonchev–Trinajstić information content (AvgIpc) is 3.29. The van der Waals surface area contributed by atoms with Crippen LogP contribution in [0.3, 0.4) is 0 Å². The molecule has 0 N–H and O–H groups in total. The number of thiazole rings is 1. The number of aryl methyl sites for hydroxylation is 1. The van der Waals surface area contributed by atoms with Crippen LogP contribution in [0.1, 0.15) is 18.9 Å². The molecular weight excluding hydrogens is 408 g/mol. The minimum atomic E-state index is -0.782. The molecule has 1 spiro atoms. The summed E-state index contributed by atoms with van der Waals surface area (Å²) in [5.41, 5.74) is 3.03. The van der Waals surface area contributed by atoms with Crippen molar-refractivity contribution in [3.8, 4) is 5.75 Å². The SMILES string of the molecule is COc1ccc2nc(N3C(=O)C(Cl)C34CC(C)=NN4c3ccc(C)cc3)sc2c1. The minimum absolute atomic E-state index is 0.153. The highest BCUT2D eigenvalue weighted by atomic mass is 35.5. The fourth-order valence-electron chi connectivity index (χ4n) is 4.01. The number of anilines is 2. The van der Waals surface area contributed by atoms with Crippen molar-refractivity contribution in [2.45, 2.75) is 31.3 Å². The summed E-state index contributed by atoms with van der Waals surface area (Å²) in [5.74, 6) is 0.605.